The van der Waals surface area contributed by atoms with E-state index < -0.39 is 0 Å². The molecule has 3 aromatic rings. The number of thiazole rings is 1. The fourth-order valence-electron chi connectivity index (χ4n) is 3.32. The van der Waals surface area contributed by atoms with Crippen LogP contribution < -0.4 is 4.90 Å². The van der Waals surface area contributed by atoms with Crippen molar-refractivity contribution in [2.45, 2.75) is 38.9 Å². The fraction of sp³-hybridized carbons (Fsp3) is 0.318. The van der Waals surface area contributed by atoms with Gasteiger partial charge in [0.05, 0.1) is 17.8 Å². The number of pyridine rings is 1. The molecule has 1 amide bonds. The second kappa shape index (κ2) is 8.93. The van der Waals surface area contributed by atoms with Crippen LogP contribution in [0, 0.1) is 0 Å². The van der Waals surface area contributed by atoms with Crippen molar-refractivity contribution in [3.63, 3.8) is 0 Å². The van der Waals surface area contributed by atoms with E-state index in [9.17, 15) is 4.79 Å². The summed E-state index contributed by atoms with van der Waals surface area (Å²) in [6.07, 6.45) is 4.01. The third kappa shape index (κ3) is 4.95. The molecule has 7 heteroatoms. The maximum atomic E-state index is 13.2. The molecule has 150 valence electrons. The van der Waals surface area contributed by atoms with Crippen molar-refractivity contribution < 1.29 is 4.79 Å². The SMILES string of the molecule is CCN(c1nc(CN(Cc2ccccc2)C(=O)c2ccc(Cl)nc2)cs1)C1CC1. The average Bonchev–Trinajstić information content (AvgIpc) is 3.47. The van der Waals surface area contributed by atoms with Crippen molar-refractivity contribution in [2.24, 2.45) is 0 Å². The summed E-state index contributed by atoms with van der Waals surface area (Å²) in [6, 6.07) is 14.0. The van der Waals surface area contributed by atoms with Gasteiger partial charge in [-0.05, 0) is 37.5 Å². The van der Waals surface area contributed by atoms with Crippen LogP contribution in [0.15, 0.2) is 54.0 Å². The highest BCUT2D eigenvalue weighted by molar-refractivity contribution is 7.13. The van der Waals surface area contributed by atoms with Crippen LogP contribution >= 0.6 is 22.9 Å². The minimum Gasteiger partial charge on any atom is -0.345 e. The van der Waals surface area contributed by atoms with E-state index in [1.165, 1.54) is 19.0 Å². The van der Waals surface area contributed by atoms with E-state index in [-0.39, 0.29) is 5.91 Å². The second-order valence-electron chi connectivity index (χ2n) is 7.16. The van der Waals surface area contributed by atoms with Crippen molar-refractivity contribution in [1.29, 1.82) is 0 Å². The molecule has 0 N–H and O–H groups in total. The van der Waals surface area contributed by atoms with Crippen LogP contribution in [-0.4, -0.2) is 33.4 Å². The number of hydrogen-bond donors (Lipinski definition) is 0. The van der Waals surface area contributed by atoms with Gasteiger partial charge in [-0.15, -0.1) is 11.3 Å². The molecule has 5 nitrogen and oxygen atoms in total. The van der Waals surface area contributed by atoms with E-state index in [0.717, 1.165) is 22.9 Å². The lowest BCUT2D eigenvalue weighted by Crippen LogP contribution is -2.30. The van der Waals surface area contributed by atoms with E-state index in [4.69, 9.17) is 16.6 Å². The largest absolute Gasteiger partial charge is 0.345 e. The first-order valence-electron chi connectivity index (χ1n) is 9.80. The summed E-state index contributed by atoms with van der Waals surface area (Å²) in [7, 11) is 0. The first-order valence-corrected chi connectivity index (χ1v) is 11.1. The Kier molecular flexibility index (Phi) is 6.11. The summed E-state index contributed by atoms with van der Waals surface area (Å²) in [5, 5.41) is 3.48. The Balaban J connectivity index is 1.55. The predicted molar refractivity (Wildman–Crippen MR) is 117 cm³/mol. The van der Waals surface area contributed by atoms with Gasteiger partial charge in [0.1, 0.15) is 5.15 Å². The van der Waals surface area contributed by atoms with Crippen molar-refractivity contribution in [3.05, 3.63) is 76.0 Å². The highest BCUT2D eigenvalue weighted by Gasteiger charge is 2.30. The lowest BCUT2D eigenvalue weighted by Gasteiger charge is -2.22. The number of halogens is 1. The van der Waals surface area contributed by atoms with Gasteiger partial charge in [-0.25, -0.2) is 9.97 Å². The van der Waals surface area contributed by atoms with Gasteiger partial charge in [0, 0.05) is 30.7 Å². The van der Waals surface area contributed by atoms with Crippen LogP contribution in [0.2, 0.25) is 5.15 Å². The fourth-order valence-corrected chi connectivity index (χ4v) is 4.38. The number of benzene rings is 1. The summed E-state index contributed by atoms with van der Waals surface area (Å²) in [6.45, 7) is 4.09. The maximum Gasteiger partial charge on any atom is 0.256 e. The van der Waals surface area contributed by atoms with Crippen LogP contribution in [0.25, 0.3) is 0 Å². The number of hydrogen-bond acceptors (Lipinski definition) is 5. The van der Waals surface area contributed by atoms with E-state index in [1.54, 1.807) is 23.5 Å². The van der Waals surface area contributed by atoms with Crippen LogP contribution in [0.3, 0.4) is 0 Å². The van der Waals surface area contributed by atoms with Crippen molar-refractivity contribution in [3.8, 4) is 0 Å². The van der Waals surface area contributed by atoms with E-state index in [1.807, 2.05) is 35.2 Å². The Bertz CT molecular complexity index is 956. The van der Waals surface area contributed by atoms with Crippen LogP contribution in [0.5, 0.6) is 0 Å². The Morgan fingerprint density at radius 1 is 1.17 bits per heavy atom. The molecule has 0 bridgehead atoms. The van der Waals surface area contributed by atoms with Gasteiger partial charge >= 0.3 is 0 Å². The third-order valence-corrected chi connectivity index (χ3v) is 6.09. The molecule has 2 aromatic heterocycles. The standard InChI is InChI=1S/C22H23ClN4OS/c1-2-27(19-9-10-19)22-25-18(15-29-22)14-26(13-16-6-4-3-5-7-16)21(28)17-8-11-20(23)24-12-17/h3-8,11-12,15,19H,2,9-10,13-14H2,1H3. The molecule has 1 fully saturated rings. The normalized spacial score (nSPS) is 13.3. The molecular formula is C22H23ClN4OS. The van der Waals surface area contributed by atoms with Gasteiger partial charge in [-0.3, -0.25) is 4.79 Å². The molecule has 4 rings (SSSR count). The summed E-state index contributed by atoms with van der Waals surface area (Å²) in [5.74, 6) is -0.0814. The van der Waals surface area contributed by atoms with Gasteiger partial charge < -0.3 is 9.80 Å². The van der Waals surface area contributed by atoms with Crippen molar-refractivity contribution >= 4 is 34.0 Å². The number of rotatable bonds is 8. The predicted octanol–water partition coefficient (Wildman–Crippen LogP) is 5.02. The summed E-state index contributed by atoms with van der Waals surface area (Å²) in [5.41, 5.74) is 2.51. The minimum atomic E-state index is -0.0814. The molecule has 0 radical (unpaired) electrons. The van der Waals surface area contributed by atoms with Crippen LogP contribution in [0.1, 0.15) is 41.4 Å². The van der Waals surface area contributed by atoms with Crippen LogP contribution in [0.4, 0.5) is 5.13 Å². The smallest absolute Gasteiger partial charge is 0.256 e. The topological polar surface area (TPSA) is 49.3 Å². The van der Waals surface area contributed by atoms with Crippen molar-refractivity contribution in [1.82, 2.24) is 14.9 Å². The molecule has 2 heterocycles. The maximum absolute atomic E-state index is 13.2. The van der Waals surface area contributed by atoms with E-state index >= 15 is 0 Å². The third-order valence-electron chi connectivity index (χ3n) is 4.94. The Labute approximate surface area is 180 Å². The number of aromatic nitrogens is 2. The first kappa shape index (κ1) is 19.9. The number of amides is 1. The molecular weight excluding hydrogens is 404 g/mol. The first-order chi connectivity index (χ1) is 14.1. The molecule has 1 aliphatic rings. The Morgan fingerprint density at radius 2 is 1.97 bits per heavy atom. The number of carbonyl (C=O) groups is 1. The second-order valence-corrected chi connectivity index (χ2v) is 8.38. The molecule has 0 unspecified atom stereocenters. The highest BCUT2D eigenvalue weighted by Crippen LogP contribution is 2.33. The number of anilines is 1. The number of carbonyl (C=O) groups excluding carboxylic acids is 1. The molecule has 1 aliphatic carbocycles. The van der Waals surface area contributed by atoms with Crippen LogP contribution in [-0.2, 0) is 13.1 Å². The Morgan fingerprint density at radius 3 is 2.62 bits per heavy atom. The highest BCUT2D eigenvalue weighted by atomic mass is 35.5. The minimum absolute atomic E-state index is 0.0814. The molecule has 0 saturated heterocycles. The van der Waals surface area contributed by atoms with Gasteiger partial charge in [0.2, 0.25) is 0 Å². The molecule has 29 heavy (non-hydrogen) atoms. The van der Waals surface area contributed by atoms with E-state index in [2.05, 4.69) is 22.2 Å². The van der Waals surface area contributed by atoms with Gasteiger partial charge in [-0.2, -0.15) is 0 Å². The molecule has 0 aliphatic heterocycles. The molecule has 0 atom stereocenters. The molecule has 1 aromatic carbocycles. The zero-order valence-electron chi connectivity index (χ0n) is 16.3. The zero-order valence-corrected chi connectivity index (χ0v) is 17.9. The van der Waals surface area contributed by atoms with E-state index in [0.29, 0.717) is 29.8 Å². The van der Waals surface area contributed by atoms with Gasteiger partial charge in [0.25, 0.3) is 5.91 Å². The quantitative estimate of drug-likeness (QED) is 0.474. The van der Waals surface area contributed by atoms with Gasteiger partial charge in [-0.1, -0.05) is 41.9 Å². The lowest BCUT2D eigenvalue weighted by atomic mass is 10.2. The molecule has 0 spiro atoms. The summed E-state index contributed by atoms with van der Waals surface area (Å²) < 4.78 is 0. The lowest BCUT2D eigenvalue weighted by molar-refractivity contribution is 0.0727. The van der Waals surface area contributed by atoms with Gasteiger partial charge in [0.15, 0.2) is 5.13 Å². The number of nitrogens with zero attached hydrogens (tertiary/aromatic N) is 4. The summed E-state index contributed by atoms with van der Waals surface area (Å²) >= 11 is 7.54. The van der Waals surface area contributed by atoms with Crippen molar-refractivity contribution in [2.75, 3.05) is 11.4 Å². The molecule has 1 saturated carbocycles. The average molecular weight is 427 g/mol. The summed E-state index contributed by atoms with van der Waals surface area (Å²) in [4.78, 5) is 26.2. The monoisotopic (exact) mass is 426 g/mol. The Hall–Kier alpha value is -2.44. The zero-order chi connectivity index (χ0) is 20.2.